The minimum Gasteiger partial charge on any atom is -0.481 e. The molecule has 4 heterocycles. The molecule has 204 valence electrons. The number of anilines is 1. The molecule has 4 N–H and O–H groups in total. The number of urea groups is 1. The number of thiazole rings is 1. The van der Waals surface area contributed by atoms with Gasteiger partial charge < -0.3 is 25.4 Å². The predicted octanol–water partition coefficient (Wildman–Crippen LogP) is 2.84. The summed E-state index contributed by atoms with van der Waals surface area (Å²) in [4.78, 5) is 45.6. The van der Waals surface area contributed by atoms with Crippen LogP contribution in [0.3, 0.4) is 0 Å². The number of aromatic nitrogens is 3. The SMILES string of the molecule is CCNC(=O)NC1(C2CNCCC2(C)C(=O)O)N=CC=CN1c1cc(-c2ccnc(OC)n2)c2scnc2c1. The van der Waals surface area contributed by atoms with E-state index in [0.29, 0.717) is 37.4 Å². The Bertz CT molecular complexity index is 1460. The number of fused-ring (bicyclic) bond motifs is 1. The van der Waals surface area contributed by atoms with E-state index in [9.17, 15) is 14.7 Å². The van der Waals surface area contributed by atoms with Crippen LogP contribution in [0.4, 0.5) is 10.5 Å². The fourth-order valence-corrected chi connectivity index (χ4v) is 6.05. The van der Waals surface area contributed by atoms with Crippen molar-refractivity contribution in [3.63, 3.8) is 0 Å². The summed E-state index contributed by atoms with van der Waals surface area (Å²) < 4.78 is 6.17. The topological polar surface area (TPSA) is 154 Å². The summed E-state index contributed by atoms with van der Waals surface area (Å²) in [6.07, 6.45) is 7.14. The predicted molar refractivity (Wildman–Crippen MR) is 149 cm³/mol. The Morgan fingerprint density at radius 2 is 2.18 bits per heavy atom. The monoisotopic (exact) mass is 550 g/mol. The summed E-state index contributed by atoms with van der Waals surface area (Å²) in [5, 5.41) is 19.5. The number of carboxylic acid groups (broad SMARTS) is 1. The van der Waals surface area contributed by atoms with Crippen molar-refractivity contribution in [2.45, 2.75) is 26.1 Å². The van der Waals surface area contributed by atoms with Crippen molar-refractivity contribution in [1.29, 1.82) is 0 Å². The van der Waals surface area contributed by atoms with Crippen molar-refractivity contribution in [2.75, 3.05) is 31.6 Å². The van der Waals surface area contributed by atoms with Crippen molar-refractivity contribution in [2.24, 2.45) is 16.3 Å². The number of allylic oxidation sites excluding steroid dienone is 1. The van der Waals surface area contributed by atoms with Crippen LogP contribution in [0, 0.1) is 11.3 Å². The van der Waals surface area contributed by atoms with E-state index >= 15 is 0 Å². The second-order valence-corrected chi connectivity index (χ2v) is 10.4. The van der Waals surface area contributed by atoms with Crippen LogP contribution in [0.5, 0.6) is 6.01 Å². The number of aliphatic carboxylic acids is 1. The van der Waals surface area contributed by atoms with E-state index in [1.54, 1.807) is 43.2 Å². The van der Waals surface area contributed by atoms with Crippen LogP contribution in [-0.2, 0) is 4.79 Å². The van der Waals surface area contributed by atoms with Gasteiger partial charge in [0.15, 0.2) is 0 Å². The molecule has 2 aliphatic rings. The Labute approximate surface area is 229 Å². The maximum atomic E-state index is 13.1. The Kier molecular flexibility index (Phi) is 7.19. The van der Waals surface area contributed by atoms with Gasteiger partial charge in [-0.3, -0.25) is 10.1 Å². The number of nitrogens with zero attached hydrogens (tertiary/aromatic N) is 5. The molecule has 1 fully saturated rings. The van der Waals surface area contributed by atoms with Gasteiger partial charge in [-0.05, 0) is 51.1 Å². The molecule has 1 aromatic carbocycles. The van der Waals surface area contributed by atoms with E-state index in [0.717, 1.165) is 15.8 Å². The molecule has 13 heteroatoms. The lowest BCUT2D eigenvalue weighted by Crippen LogP contribution is -2.71. The average Bonchev–Trinajstić information content (AvgIpc) is 3.42. The first-order valence-electron chi connectivity index (χ1n) is 12.6. The quantitative estimate of drug-likeness (QED) is 0.348. The zero-order valence-corrected chi connectivity index (χ0v) is 22.7. The Balaban J connectivity index is 1.71. The number of amides is 2. The lowest BCUT2D eigenvalue weighted by atomic mass is 9.68. The standard InChI is InChI=1S/C26H30N8O4S/c1-4-28-23(37)33-26(20-14-27-10-7-25(20,2)22(35)36)31-8-5-11-34(26)16-12-17(21-19(13-16)30-15-39-21)18-6-9-29-24(32-18)38-3/h5-6,8-9,11-13,15,20,27H,4,7,10,14H2,1-3H3,(H,35,36)(H2,28,33,37). The molecule has 0 aliphatic carbocycles. The molecule has 0 spiro atoms. The number of nitrogens with one attached hydrogen (secondary N) is 3. The van der Waals surface area contributed by atoms with Crippen molar-refractivity contribution in [3.8, 4) is 17.3 Å². The lowest BCUT2D eigenvalue weighted by Gasteiger charge is -2.52. The first-order valence-corrected chi connectivity index (χ1v) is 13.5. The second kappa shape index (κ2) is 10.6. The zero-order valence-electron chi connectivity index (χ0n) is 21.8. The number of rotatable bonds is 7. The van der Waals surface area contributed by atoms with E-state index in [1.807, 2.05) is 24.0 Å². The highest BCUT2D eigenvalue weighted by atomic mass is 32.1. The first kappa shape index (κ1) is 26.5. The van der Waals surface area contributed by atoms with Crippen molar-refractivity contribution in [3.05, 3.63) is 42.2 Å². The Morgan fingerprint density at radius 1 is 1.33 bits per heavy atom. The van der Waals surface area contributed by atoms with Crippen molar-refractivity contribution in [1.82, 2.24) is 30.9 Å². The van der Waals surface area contributed by atoms with Gasteiger partial charge in [-0.2, -0.15) is 4.98 Å². The van der Waals surface area contributed by atoms with E-state index in [-0.39, 0.29) is 6.01 Å². The van der Waals surface area contributed by atoms with Crippen LogP contribution in [-0.4, -0.2) is 70.8 Å². The Morgan fingerprint density at radius 3 is 2.95 bits per heavy atom. The number of methoxy groups -OCH3 is 1. The van der Waals surface area contributed by atoms with Gasteiger partial charge in [0.05, 0.1) is 39.9 Å². The van der Waals surface area contributed by atoms with Gasteiger partial charge in [-0.25, -0.2) is 19.8 Å². The molecule has 5 rings (SSSR count). The molecule has 2 amide bonds. The van der Waals surface area contributed by atoms with Crippen molar-refractivity contribution >= 4 is 45.5 Å². The summed E-state index contributed by atoms with van der Waals surface area (Å²) in [5.41, 5.74) is 3.39. The minimum atomic E-state index is -1.46. The largest absolute Gasteiger partial charge is 0.481 e. The minimum absolute atomic E-state index is 0.232. The van der Waals surface area contributed by atoms with E-state index in [4.69, 9.17) is 9.73 Å². The third-order valence-corrected chi connectivity index (χ3v) is 8.17. The molecular formula is C26H30N8O4S. The highest BCUT2D eigenvalue weighted by Crippen LogP contribution is 2.46. The number of aliphatic imine (C=N–C) groups is 1. The molecule has 12 nitrogen and oxygen atoms in total. The molecule has 2 aliphatic heterocycles. The van der Waals surface area contributed by atoms with Gasteiger partial charge in [0, 0.05) is 43.0 Å². The third-order valence-electron chi connectivity index (χ3n) is 7.29. The summed E-state index contributed by atoms with van der Waals surface area (Å²) in [6.45, 7) is 4.80. The highest BCUT2D eigenvalue weighted by molar-refractivity contribution is 7.17. The van der Waals surface area contributed by atoms with Gasteiger partial charge >= 0.3 is 18.0 Å². The van der Waals surface area contributed by atoms with Gasteiger partial charge in [-0.1, -0.05) is 0 Å². The van der Waals surface area contributed by atoms with Crippen LogP contribution >= 0.6 is 11.3 Å². The van der Waals surface area contributed by atoms with Crippen molar-refractivity contribution < 1.29 is 19.4 Å². The first-order chi connectivity index (χ1) is 18.8. The Hall–Kier alpha value is -4.10. The number of hydrogen-bond acceptors (Lipinski definition) is 10. The molecule has 0 bridgehead atoms. The summed E-state index contributed by atoms with van der Waals surface area (Å²) in [6, 6.07) is 5.41. The average molecular weight is 551 g/mol. The van der Waals surface area contributed by atoms with Crippen LogP contribution in [0.25, 0.3) is 21.5 Å². The van der Waals surface area contributed by atoms with Gasteiger partial charge in [0.1, 0.15) is 0 Å². The van der Waals surface area contributed by atoms with Crippen LogP contribution < -0.4 is 25.6 Å². The summed E-state index contributed by atoms with van der Waals surface area (Å²) >= 11 is 1.48. The number of carbonyl (C=O) groups is 2. The summed E-state index contributed by atoms with van der Waals surface area (Å²) in [5.74, 6) is -3.05. The number of ether oxygens (including phenoxy) is 1. The molecule has 39 heavy (non-hydrogen) atoms. The molecule has 2 aromatic heterocycles. The third kappa shape index (κ3) is 4.68. The molecule has 0 saturated carbocycles. The number of carboxylic acids is 1. The van der Waals surface area contributed by atoms with Crippen LogP contribution in [0.15, 0.2) is 47.2 Å². The number of hydrogen-bond donors (Lipinski definition) is 4. The van der Waals surface area contributed by atoms with Gasteiger partial charge in [-0.15, -0.1) is 11.3 Å². The number of piperidine rings is 1. The number of carbonyl (C=O) groups excluding carboxylic acids is 1. The van der Waals surface area contributed by atoms with Crippen LogP contribution in [0.2, 0.25) is 0 Å². The lowest BCUT2D eigenvalue weighted by molar-refractivity contribution is -0.155. The fraction of sp³-hybridized carbons (Fsp3) is 0.385. The molecule has 1 saturated heterocycles. The maximum Gasteiger partial charge on any atom is 0.318 e. The van der Waals surface area contributed by atoms with E-state index in [1.165, 1.54) is 18.4 Å². The molecule has 3 atom stereocenters. The van der Waals surface area contributed by atoms with Crippen LogP contribution in [0.1, 0.15) is 20.3 Å². The molecule has 0 radical (unpaired) electrons. The second-order valence-electron chi connectivity index (χ2n) is 9.55. The fourth-order valence-electron chi connectivity index (χ4n) is 5.26. The maximum absolute atomic E-state index is 13.1. The number of benzene rings is 1. The van der Waals surface area contributed by atoms with E-state index < -0.39 is 29.1 Å². The molecule has 3 unspecified atom stereocenters. The zero-order chi connectivity index (χ0) is 27.6. The summed E-state index contributed by atoms with van der Waals surface area (Å²) in [7, 11) is 1.51. The van der Waals surface area contributed by atoms with Gasteiger partial charge in [0.2, 0.25) is 5.79 Å². The normalized spacial score (nSPS) is 24.5. The molecular weight excluding hydrogens is 520 g/mol. The van der Waals surface area contributed by atoms with E-state index in [2.05, 4.69) is 30.9 Å². The smallest absolute Gasteiger partial charge is 0.318 e. The molecule has 3 aromatic rings. The highest BCUT2D eigenvalue weighted by Gasteiger charge is 2.57. The van der Waals surface area contributed by atoms with Gasteiger partial charge in [0.25, 0.3) is 0 Å².